The topological polar surface area (TPSA) is 90.6 Å². The lowest BCUT2D eigenvalue weighted by molar-refractivity contribution is 0.0240. The first kappa shape index (κ1) is 23.0. The number of hydrogen-bond acceptors (Lipinski definition) is 5. The Morgan fingerprint density at radius 3 is 2.45 bits per heavy atom. The number of rotatable bonds is 6. The highest BCUT2D eigenvalue weighted by atomic mass is 16.6. The van der Waals surface area contributed by atoms with Crippen molar-refractivity contribution in [3.63, 3.8) is 0 Å². The first-order chi connectivity index (χ1) is 14.8. The summed E-state index contributed by atoms with van der Waals surface area (Å²) in [5.41, 5.74) is -0.505. The van der Waals surface area contributed by atoms with E-state index in [1.165, 1.54) is 6.26 Å². The second-order valence-electron chi connectivity index (χ2n) is 8.90. The van der Waals surface area contributed by atoms with Gasteiger partial charge in [0, 0.05) is 45.3 Å². The number of aliphatic imine (C=N–C) groups is 1. The smallest absolute Gasteiger partial charge is 0.410 e. The average Bonchev–Trinajstić information content (AvgIpc) is 3.40. The molecule has 9 nitrogen and oxygen atoms in total. The van der Waals surface area contributed by atoms with Crippen molar-refractivity contribution in [2.75, 3.05) is 45.8 Å². The fourth-order valence-electron chi connectivity index (χ4n) is 3.50. The monoisotopic (exact) mass is 433 g/mol. The summed E-state index contributed by atoms with van der Waals surface area (Å²) in [5.74, 6) is 1.10. The minimum absolute atomic E-state index is 0.0796. The Bertz CT molecular complexity index is 759. The third kappa shape index (κ3) is 6.63. The Hall–Kier alpha value is -2.71. The number of hydrogen-bond donors (Lipinski definition) is 1. The molecule has 1 aliphatic heterocycles. The van der Waals surface area contributed by atoms with Gasteiger partial charge in [-0.2, -0.15) is 0 Å². The first-order valence-corrected chi connectivity index (χ1v) is 11.1. The lowest BCUT2D eigenvalue weighted by atomic mass is 10.2. The van der Waals surface area contributed by atoms with Crippen LogP contribution in [-0.2, 0) is 4.74 Å². The van der Waals surface area contributed by atoms with E-state index in [4.69, 9.17) is 14.1 Å². The molecule has 1 aliphatic carbocycles. The number of nitrogens with zero attached hydrogens (tertiary/aromatic N) is 4. The third-order valence-electron chi connectivity index (χ3n) is 5.15. The third-order valence-corrected chi connectivity index (χ3v) is 5.15. The number of carbonyl (C=O) groups is 2. The zero-order chi connectivity index (χ0) is 22.4. The highest BCUT2D eigenvalue weighted by Crippen LogP contribution is 2.28. The lowest BCUT2D eigenvalue weighted by Gasteiger charge is -2.36. The molecule has 1 aromatic heterocycles. The van der Waals surface area contributed by atoms with Gasteiger partial charge in [0.1, 0.15) is 5.60 Å². The first-order valence-electron chi connectivity index (χ1n) is 11.1. The molecule has 0 radical (unpaired) electrons. The average molecular weight is 434 g/mol. The van der Waals surface area contributed by atoms with Crippen molar-refractivity contribution in [3.8, 4) is 0 Å². The van der Waals surface area contributed by atoms with Crippen molar-refractivity contribution < 1.29 is 18.7 Å². The summed E-state index contributed by atoms with van der Waals surface area (Å²) < 4.78 is 10.8. The lowest BCUT2D eigenvalue weighted by Crippen LogP contribution is -2.54. The van der Waals surface area contributed by atoms with Gasteiger partial charge in [-0.1, -0.05) is 0 Å². The summed E-state index contributed by atoms with van der Waals surface area (Å²) >= 11 is 0. The molecule has 172 valence electrons. The number of nitrogens with one attached hydrogen (secondary N) is 1. The van der Waals surface area contributed by atoms with Gasteiger partial charge in [0.25, 0.3) is 5.91 Å². The number of ether oxygens (including phenoxy) is 1. The minimum Gasteiger partial charge on any atom is -0.459 e. The molecule has 2 fully saturated rings. The van der Waals surface area contributed by atoms with Crippen molar-refractivity contribution in [3.05, 3.63) is 24.2 Å². The van der Waals surface area contributed by atoms with Crippen LogP contribution in [0.2, 0.25) is 0 Å². The van der Waals surface area contributed by atoms with E-state index in [0.717, 1.165) is 25.3 Å². The summed E-state index contributed by atoms with van der Waals surface area (Å²) in [4.78, 5) is 35.5. The van der Waals surface area contributed by atoms with Crippen molar-refractivity contribution in [1.82, 2.24) is 20.0 Å². The number of piperazine rings is 1. The number of amides is 2. The predicted molar refractivity (Wildman–Crippen MR) is 118 cm³/mol. The minimum atomic E-state index is -0.505. The summed E-state index contributed by atoms with van der Waals surface area (Å²) in [6.07, 6.45) is 3.30. The Kier molecular flexibility index (Phi) is 7.46. The van der Waals surface area contributed by atoms with Gasteiger partial charge in [-0.3, -0.25) is 9.79 Å². The fraction of sp³-hybridized carbons (Fsp3) is 0.682. The number of carbonyl (C=O) groups excluding carboxylic acids is 2. The van der Waals surface area contributed by atoms with Crippen molar-refractivity contribution >= 4 is 18.0 Å². The van der Waals surface area contributed by atoms with Crippen LogP contribution in [0.15, 0.2) is 27.8 Å². The maximum absolute atomic E-state index is 12.5. The summed E-state index contributed by atoms with van der Waals surface area (Å²) in [5, 5.41) is 3.33. The molecule has 0 spiro atoms. The summed E-state index contributed by atoms with van der Waals surface area (Å²) in [6, 6.07) is 3.68. The van der Waals surface area contributed by atoms with Gasteiger partial charge in [0.2, 0.25) is 0 Å². The zero-order valence-electron chi connectivity index (χ0n) is 19.1. The van der Waals surface area contributed by atoms with E-state index in [0.29, 0.717) is 45.0 Å². The number of guanidine groups is 1. The van der Waals surface area contributed by atoms with Crippen LogP contribution in [-0.4, -0.2) is 90.1 Å². The quantitative estimate of drug-likeness (QED) is 0.547. The molecule has 0 aromatic carbocycles. The van der Waals surface area contributed by atoms with Gasteiger partial charge in [-0.25, -0.2) is 4.79 Å². The second kappa shape index (κ2) is 10.1. The van der Waals surface area contributed by atoms with Gasteiger partial charge in [0.05, 0.1) is 12.8 Å². The van der Waals surface area contributed by atoms with Crippen molar-refractivity contribution in [2.45, 2.75) is 52.2 Å². The Labute approximate surface area is 184 Å². The van der Waals surface area contributed by atoms with E-state index in [1.807, 2.05) is 27.7 Å². The van der Waals surface area contributed by atoms with Gasteiger partial charge in [0.15, 0.2) is 11.7 Å². The van der Waals surface area contributed by atoms with Crippen LogP contribution in [0.25, 0.3) is 0 Å². The van der Waals surface area contributed by atoms with Crippen LogP contribution < -0.4 is 5.32 Å². The van der Waals surface area contributed by atoms with Crippen LogP contribution in [0.1, 0.15) is 51.1 Å². The van der Waals surface area contributed by atoms with E-state index in [9.17, 15) is 9.59 Å². The molecule has 1 N–H and O–H groups in total. The maximum atomic E-state index is 12.5. The van der Waals surface area contributed by atoms with Gasteiger partial charge in [-0.15, -0.1) is 0 Å². The highest BCUT2D eigenvalue weighted by molar-refractivity contribution is 5.91. The van der Waals surface area contributed by atoms with Crippen LogP contribution >= 0.6 is 0 Å². The zero-order valence-corrected chi connectivity index (χ0v) is 19.1. The van der Waals surface area contributed by atoms with Gasteiger partial charge in [-0.05, 0) is 52.7 Å². The molecule has 2 amide bonds. The molecule has 2 aliphatic rings. The van der Waals surface area contributed by atoms with E-state index in [-0.39, 0.29) is 18.0 Å². The van der Waals surface area contributed by atoms with E-state index < -0.39 is 5.60 Å². The maximum Gasteiger partial charge on any atom is 0.410 e. The van der Waals surface area contributed by atoms with E-state index in [2.05, 4.69) is 10.2 Å². The Balaban J connectivity index is 1.54. The van der Waals surface area contributed by atoms with E-state index in [1.54, 1.807) is 21.9 Å². The van der Waals surface area contributed by atoms with E-state index >= 15 is 0 Å². The molecule has 31 heavy (non-hydrogen) atoms. The molecule has 1 saturated carbocycles. The largest absolute Gasteiger partial charge is 0.459 e. The summed E-state index contributed by atoms with van der Waals surface area (Å²) in [7, 11) is 0. The molecule has 9 heteroatoms. The molecular weight excluding hydrogens is 398 g/mol. The molecule has 0 atom stereocenters. The Morgan fingerprint density at radius 1 is 1.23 bits per heavy atom. The molecule has 3 rings (SSSR count). The van der Waals surface area contributed by atoms with Crippen LogP contribution in [0, 0.1) is 0 Å². The van der Waals surface area contributed by atoms with Crippen LogP contribution in [0.5, 0.6) is 0 Å². The van der Waals surface area contributed by atoms with Crippen LogP contribution in [0.4, 0.5) is 4.79 Å². The second-order valence-corrected chi connectivity index (χ2v) is 8.90. The fourth-order valence-corrected chi connectivity index (χ4v) is 3.50. The van der Waals surface area contributed by atoms with Crippen molar-refractivity contribution in [2.24, 2.45) is 4.99 Å². The molecule has 0 bridgehead atoms. The normalized spacial score (nSPS) is 17.5. The molecule has 0 unspecified atom stereocenters. The van der Waals surface area contributed by atoms with Crippen LogP contribution in [0.3, 0.4) is 0 Å². The summed E-state index contributed by atoms with van der Waals surface area (Å²) in [6.45, 7) is 12.1. The molecule has 2 heterocycles. The van der Waals surface area contributed by atoms with Gasteiger partial charge < -0.3 is 29.2 Å². The highest BCUT2D eigenvalue weighted by Gasteiger charge is 2.35. The molecular formula is C22H35N5O4. The molecule has 1 saturated heterocycles. The van der Waals surface area contributed by atoms with Gasteiger partial charge >= 0.3 is 6.09 Å². The predicted octanol–water partition coefficient (Wildman–Crippen LogP) is 2.40. The number of furan rings is 1. The van der Waals surface area contributed by atoms with Crippen molar-refractivity contribution in [1.29, 1.82) is 0 Å². The Morgan fingerprint density at radius 2 is 1.90 bits per heavy atom. The standard InChI is InChI=1S/C22H35N5O4/c1-5-23-20(24-10-11-27(17-8-9-17)21(29)31-22(2,3)4)26-14-12-25(13-15-26)19(28)18-7-6-16-30-18/h6-7,16-17H,5,8-15H2,1-4H3,(H,23,24). The molecule has 1 aromatic rings. The SMILES string of the molecule is CCNC(=NCCN(C(=O)OC(C)(C)C)C1CC1)N1CCN(C(=O)c2ccco2)CC1.